The normalized spacial score (nSPS) is 19.1. The highest BCUT2D eigenvalue weighted by atomic mass is 16.3. The molecule has 0 aliphatic carbocycles. The minimum absolute atomic E-state index is 0.0393. The minimum Gasteiger partial charge on any atom is -0.508 e. The van der Waals surface area contributed by atoms with Crippen molar-refractivity contribution in [2.75, 3.05) is 11.9 Å². The molecule has 1 heterocycles. The summed E-state index contributed by atoms with van der Waals surface area (Å²) in [5.74, 6) is 0.293. The number of amides is 1. The van der Waals surface area contributed by atoms with E-state index >= 15 is 0 Å². The van der Waals surface area contributed by atoms with E-state index < -0.39 is 0 Å². The number of phenols is 1. The van der Waals surface area contributed by atoms with Crippen LogP contribution in [0.15, 0.2) is 18.2 Å². The Bertz CT molecular complexity index is 440. The van der Waals surface area contributed by atoms with Crippen LogP contribution < -0.4 is 10.6 Å². The Labute approximate surface area is 114 Å². The lowest BCUT2D eigenvalue weighted by Gasteiger charge is -2.23. The molecule has 1 aliphatic heterocycles. The molecule has 1 atom stereocenters. The van der Waals surface area contributed by atoms with Crippen LogP contribution in [0, 0.1) is 6.92 Å². The van der Waals surface area contributed by atoms with E-state index in [0.717, 1.165) is 24.2 Å². The predicted molar refractivity (Wildman–Crippen MR) is 76.3 cm³/mol. The van der Waals surface area contributed by atoms with Gasteiger partial charge in [0.1, 0.15) is 5.75 Å². The van der Waals surface area contributed by atoms with Gasteiger partial charge in [0.2, 0.25) is 5.91 Å². The summed E-state index contributed by atoms with van der Waals surface area (Å²) in [4.78, 5) is 11.8. The van der Waals surface area contributed by atoms with Gasteiger partial charge in [0, 0.05) is 18.2 Å². The van der Waals surface area contributed by atoms with E-state index in [1.165, 1.54) is 19.3 Å². The fraction of sp³-hybridized carbons (Fsp3) is 0.533. The SMILES string of the molecule is Cc1cc(NC(=O)CCC2CCCCN2)ccc1O. The smallest absolute Gasteiger partial charge is 0.224 e. The summed E-state index contributed by atoms with van der Waals surface area (Å²) in [5.41, 5.74) is 1.52. The maximum Gasteiger partial charge on any atom is 0.224 e. The van der Waals surface area contributed by atoms with Crippen LogP contribution in [-0.2, 0) is 4.79 Å². The number of nitrogens with one attached hydrogen (secondary N) is 2. The van der Waals surface area contributed by atoms with Gasteiger partial charge in [0.05, 0.1) is 0 Å². The van der Waals surface area contributed by atoms with E-state index in [1.54, 1.807) is 18.2 Å². The van der Waals surface area contributed by atoms with E-state index in [-0.39, 0.29) is 11.7 Å². The molecule has 0 spiro atoms. The first-order valence-corrected chi connectivity index (χ1v) is 6.98. The minimum atomic E-state index is 0.0393. The summed E-state index contributed by atoms with van der Waals surface area (Å²) >= 11 is 0. The van der Waals surface area contributed by atoms with Crippen LogP contribution in [0.1, 0.15) is 37.7 Å². The van der Waals surface area contributed by atoms with Crippen molar-refractivity contribution in [3.63, 3.8) is 0 Å². The van der Waals surface area contributed by atoms with Gasteiger partial charge in [-0.1, -0.05) is 6.42 Å². The number of benzene rings is 1. The summed E-state index contributed by atoms with van der Waals surface area (Å²) in [6.07, 6.45) is 5.11. The Hall–Kier alpha value is -1.55. The third kappa shape index (κ3) is 4.24. The summed E-state index contributed by atoms with van der Waals surface area (Å²) < 4.78 is 0. The van der Waals surface area contributed by atoms with Gasteiger partial charge in [-0.2, -0.15) is 0 Å². The average molecular weight is 262 g/mol. The highest BCUT2D eigenvalue weighted by molar-refractivity contribution is 5.90. The Morgan fingerprint density at radius 3 is 3.00 bits per heavy atom. The van der Waals surface area contributed by atoms with Crippen molar-refractivity contribution in [3.8, 4) is 5.75 Å². The first-order valence-electron chi connectivity index (χ1n) is 6.98. The van der Waals surface area contributed by atoms with Crippen molar-refractivity contribution in [1.82, 2.24) is 5.32 Å². The van der Waals surface area contributed by atoms with Crippen molar-refractivity contribution in [2.24, 2.45) is 0 Å². The molecule has 4 nitrogen and oxygen atoms in total. The zero-order valence-corrected chi connectivity index (χ0v) is 11.4. The number of carbonyl (C=O) groups excluding carboxylic acids is 1. The van der Waals surface area contributed by atoms with Gasteiger partial charge in [0.15, 0.2) is 0 Å². The van der Waals surface area contributed by atoms with Crippen LogP contribution in [0.2, 0.25) is 0 Å². The fourth-order valence-electron chi connectivity index (χ4n) is 2.43. The quantitative estimate of drug-likeness (QED) is 0.731. The lowest BCUT2D eigenvalue weighted by molar-refractivity contribution is -0.116. The Morgan fingerprint density at radius 1 is 1.47 bits per heavy atom. The molecule has 0 bridgehead atoms. The van der Waals surface area contributed by atoms with E-state index in [9.17, 15) is 9.90 Å². The van der Waals surface area contributed by atoms with Crippen LogP contribution in [0.25, 0.3) is 0 Å². The highest BCUT2D eigenvalue weighted by Gasteiger charge is 2.14. The lowest BCUT2D eigenvalue weighted by atomic mass is 10.0. The third-order valence-electron chi connectivity index (χ3n) is 3.61. The molecule has 1 aromatic rings. The highest BCUT2D eigenvalue weighted by Crippen LogP contribution is 2.20. The maximum atomic E-state index is 11.8. The molecule has 1 unspecified atom stereocenters. The van der Waals surface area contributed by atoms with Crippen molar-refractivity contribution in [2.45, 2.75) is 45.1 Å². The fourth-order valence-corrected chi connectivity index (χ4v) is 2.43. The molecule has 1 amide bonds. The number of aromatic hydroxyl groups is 1. The van der Waals surface area contributed by atoms with E-state index in [2.05, 4.69) is 10.6 Å². The second-order valence-electron chi connectivity index (χ2n) is 5.23. The molecule has 0 radical (unpaired) electrons. The Balaban J connectivity index is 1.78. The number of aryl methyl sites for hydroxylation is 1. The second kappa shape index (κ2) is 6.57. The van der Waals surface area contributed by atoms with Crippen molar-refractivity contribution >= 4 is 11.6 Å². The van der Waals surface area contributed by atoms with Gasteiger partial charge < -0.3 is 15.7 Å². The molecule has 0 saturated carbocycles. The molecule has 2 rings (SSSR count). The zero-order valence-electron chi connectivity index (χ0n) is 11.4. The molecule has 1 fully saturated rings. The van der Waals surface area contributed by atoms with Gasteiger partial charge in [-0.25, -0.2) is 0 Å². The van der Waals surface area contributed by atoms with Crippen LogP contribution in [0.5, 0.6) is 5.75 Å². The van der Waals surface area contributed by atoms with Crippen molar-refractivity contribution in [3.05, 3.63) is 23.8 Å². The maximum absolute atomic E-state index is 11.8. The number of carbonyl (C=O) groups is 1. The number of phenolic OH excluding ortho intramolecular Hbond substituents is 1. The van der Waals surface area contributed by atoms with E-state index in [1.807, 2.05) is 6.92 Å². The Kier molecular flexibility index (Phi) is 4.80. The van der Waals surface area contributed by atoms with Gasteiger partial charge in [-0.3, -0.25) is 4.79 Å². The molecule has 3 N–H and O–H groups in total. The first-order chi connectivity index (χ1) is 9.15. The molecule has 1 saturated heterocycles. The predicted octanol–water partition coefficient (Wildman–Crippen LogP) is 2.56. The second-order valence-corrected chi connectivity index (χ2v) is 5.23. The van der Waals surface area contributed by atoms with Crippen molar-refractivity contribution < 1.29 is 9.90 Å². The average Bonchev–Trinajstić information content (AvgIpc) is 2.42. The van der Waals surface area contributed by atoms with Crippen LogP contribution in [-0.4, -0.2) is 23.6 Å². The molecule has 104 valence electrons. The summed E-state index contributed by atoms with van der Waals surface area (Å²) in [5, 5.41) is 15.7. The number of hydrogen-bond acceptors (Lipinski definition) is 3. The molecule has 1 aliphatic rings. The van der Waals surface area contributed by atoms with E-state index in [0.29, 0.717) is 12.5 Å². The van der Waals surface area contributed by atoms with Gasteiger partial charge in [-0.05, 0) is 56.5 Å². The molecule has 4 heteroatoms. The largest absolute Gasteiger partial charge is 0.508 e. The molecular weight excluding hydrogens is 240 g/mol. The van der Waals surface area contributed by atoms with Gasteiger partial charge in [-0.15, -0.1) is 0 Å². The van der Waals surface area contributed by atoms with Gasteiger partial charge in [0.25, 0.3) is 0 Å². The zero-order chi connectivity index (χ0) is 13.7. The van der Waals surface area contributed by atoms with E-state index in [4.69, 9.17) is 0 Å². The van der Waals surface area contributed by atoms with Crippen molar-refractivity contribution in [1.29, 1.82) is 0 Å². The molecule has 1 aromatic carbocycles. The number of anilines is 1. The lowest BCUT2D eigenvalue weighted by Crippen LogP contribution is -2.34. The standard InChI is InChI=1S/C15H22N2O2/c1-11-10-13(5-7-14(11)18)17-15(19)8-6-12-4-2-3-9-16-12/h5,7,10,12,16,18H,2-4,6,8-9H2,1H3,(H,17,19). The van der Waals surface area contributed by atoms with Crippen LogP contribution >= 0.6 is 0 Å². The third-order valence-corrected chi connectivity index (χ3v) is 3.61. The van der Waals surface area contributed by atoms with Crippen LogP contribution in [0.4, 0.5) is 5.69 Å². The monoisotopic (exact) mass is 262 g/mol. The first kappa shape index (κ1) is 13.9. The number of piperidine rings is 1. The molecule has 0 aromatic heterocycles. The Morgan fingerprint density at radius 2 is 2.32 bits per heavy atom. The molecular formula is C15H22N2O2. The molecule has 19 heavy (non-hydrogen) atoms. The summed E-state index contributed by atoms with van der Waals surface area (Å²) in [6.45, 7) is 2.89. The number of hydrogen-bond donors (Lipinski definition) is 3. The van der Waals surface area contributed by atoms with Gasteiger partial charge >= 0.3 is 0 Å². The topological polar surface area (TPSA) is 61.4 Å². The summed E-state index contributed by atoms with van der Waals surface area (Å²) in [7, 11) is 0. The number of rotatable bonds is 4. The summed E-state index contributed by atoms with van der Waals surface area (Å²) in [6, 6.07) is 5.60. The van der Waals surface area contributed by atoms with Crippen LogP contribution in [0.3, 0.4) is 0 Å².